The lowest BCUT2D eigenvalue weighted by Crippen LogP contribution is -2.09. The lowest BCUT2D eigenvalue weighted by atomic mass is 10.1. The molecule has 2 rings (SSSR count). The zero-order valence-corrected chi connectivity index (χ0v) is 6.59. The molecule has 2 nitrogen and oxygen atoms in total. The molecule has 1 heterocycles. The molecule has 4 heteroatoms. The smallest absolute Gasteiger partial charge is 0.244 e. The van der Waals surface area contributed by atoms with E-state index < -0.39 is 5.92 Å². The van der Waals surface area contributed by atoms with E-state index in [-0.39, 0.29) is 18.0 Å². The van der Waals surface area contributed by atoms with Crippen molar-refractivity contribution in [3.63, 3.8) is 0 Å². The molecule has 0 fully saturated rings. The molecule has 1 aromatic heterocycles. The Kier molecular flexibility index (Phi) is 1.40. The third kappa shape index (κ3) is 0.906. The van der Waals surface area contributed by atoms with Crippen molar-refractivity contribution < 1.29 is 8.78 Å². The van der Waals surface area contributed by atoms with Gasteiger partial charge in [-0.25, -0.2) is 9.97 Å². The minimum Gasteiger partial charge on any atom is -0.244 e. The lowest BCUT2D eigenvalue weighted by Gasteiger charge is -2.06. The molecule has 1 aromatic rings. The SMILES string of the molecule is C[C@@H]1CC(F)(F)c2ncncc21. The predicted octanol–water partition coefficient (Wildman–Crippen LogP) is 2.08. The second-order valence-corrected chi connectivity index (χ2v) is 3.14. The molecule has 0 radical (unpaired) electrons. The monoisotopic (exact) mass is 170 g/mol. The van der Waals surface area contributed by atoms with Crippen LogP contribution in [0.5, 0.6) is 0 Å². The number of alkyl halides is 2. The van der Waals surface area contributed by atoms with E-state index in [0.29, 0.717) is 5.56 Å². The van der Waals surface area contributed by atoms with Crippen LogP contribution in [0.1, 0.15) is 30.5 Å². The summed E-state index contributed by atoms with van der Waals surface area (Å²) >= 11 is 0. The summed E-state index contributed by atoms with van der Waals surface area (Å²) in [7, 11) is 0. The van der Waals surface area contributed by atoms with Crippen molar-refractivity contribution in [2.45, 2.75) is 25.2 Å². The molecule has 0 unspecified atom stereocenters. The van der Waals surface area contributed by atoms with E-state index in [0.717, 1.165) is 0 Å². The van der Waals surface area contributed by atoms with Crippen molar-refractivity contribution in [1.82, 2.24) is 9.97 Å². The van der Waals surface area contributed by atoms with Crippen molar-refractivity contribution in [3.8, 4) is 0 Å². The fourth-order valence-electron chi connectivity index (χ4n) is 1.60. The fraction of sp³-hybridized carbons (Fsp3) is 0.500. The fourth-order valence-corrected chi connectivity index (χ4v) is 1.60. The first-order valence-corrected chi connectivity index (χ1v) is 3.79. The number of rotatable bonds is 0. The Hall–Kier alpha value is -1.06. The van der Waals surface area contributed by atoms with Crippen LogP contribution in [0.15, 0.2) is 12.5 Å². The number of aromatic nitrogens is 2. The zero-order valence-electron chi connectivity index (χ0n) is 6.59. The maximum Gasteiger partial charge on any atom is 0.290 e. The first-order chi connectivity index (χ1) is 5.61. The zero-order chi connectivity index (χ0) is 8.77. The van der Waals surface area contributed by atoms with Crippen LogP contribution in [-0.2, 0) is 5.92 Å². The van der Waals surface area contributed by atoms with Crippen LogP contribution in [-0.4, -0.2) is 9.97 Å². The van der Waals surface area contributed by atoms with E-state index >= 15 is 0 Å². The molecule has 64 valence electrons. The Morgan fingerprint density at radius 1 is 1.58 bits per heavy atom. The van der Waals surface area contributed by atoms with Gasteiger partial charge in [0, 0.05) is 18.2 Å². The number of nitrogens with zero attached hydrogens (tertiary/aromatic N) is 2. The van der Waals surface area contributed by atoms with E-state index in [1.54, 1.807) is 6.92 Å². The van der Waals surface area contributed by atoms with E-state index in [1.807, 2.05) is 0 Å². The summed E-state index contributed by atoms with van der Waals surface area (Å²) in [4.78, 5) is 7.33. The molecule has 1 aliphatic rings. The summed E-state index contributed by atoms with van der Waals surface area (Å²) in [6.07, 6.45) is 2.51. The molecular weight excluding hydrogens is 162 g/mol. The van der Waals surface area contributed by atoms with E-state index in [4.69, 9.17) is 0 Å². The molecular formula is C8H8F2N2. The Bertz CT molecular complexity index is 312. The Labute approximate surface area is 68.7 Å². The van der Waals surface area contributed by atoms with Gasteiger partial charge in [0.05, 0.1) is 0 Å². The van der Waals surface area contributed by atoms with Crippen LogP contribution in [0, 0.1) is 0 Å². The molecule has 0 bridgehead atoms. The van der Waals surface area contributed by atoms with Gasteiger partial charge in [-0.3, -0.25) is 0 Å². The molecule has 0 saturated heterocycles. The topological polar surface area (TPSA) is 25.8 Å². The third-order valence-electron chi connectivity index (χ3n) is 2.18. The first kappa shape index (κ1) is 7.58. The Balaban J connectivity index is 2.58. The normalized spacial score (nSPS) is 25.4. The second kappa shape index (κ2) is 2.21. The Morgan fingerprint density at radius 3 is 3.00 bits per heavy atom. The number of fused-ring (bicyclic) bond motifs is 1. The third-order valence-corrected chi connectivity index (χ3v) is 2.18. The highest BCUT2D eigenvalue weighted by atomic mass is 19.3. The quantitative estimate of drug-likeness (QED) is 0.595. The van der Waals surface area contributed by atoms with Gasteiger partial charge in [-0.15, -0.1) is 0 Å². The summed E-state index contributed by atoms with van der Waals surface area (Å²) in [6.45, 7) is 1.77. The highest BCUT2D eigenvalue weighted by molar-refractivity contribution is 5.30. The minimum absolute atomic E-state index is 0.0926. The number of hydrogen-bond acceptors (Lipinski definition) is 2. The van der Waals surface area contributed by atoms with Crippen molar-refractivity contribution in [3.05, 3.63) is 23.8 Å². The van der Waals surface area contributed by atoms with Gasteiger partial charge in [0.1, 0.15) is 12.0 Å². The van der Waals surface area contributed by atoms with Crippen LogP contribution in [0.2, 0.25) is 0 Å². The van der Waals surface area contributed by atoms with Crippen molar-refractivity contribution in [2.24, 2.45) is 0 Å². The molecule has 0 aromatic carbocycles. The molecule has 0 saturated carbocycles. The largest absolute Gasteiger partial charge is 0.290 e. The molecule has 12 heavy (non-hydrogen) atoms. The molecule has 0 aliphatic heterocycles. The number of halogens is 2. The van der Waals surface area contributed by atoms with Gasteiger partial charge in [0.25, 0.3) is 5.92 Å². The molecule has 0 amide bonds. The highest BCUT2D eigenvalue weighted by Crippen LogP contribution is 2.46. The van der Waals surface area contributed by atoms with Crippen molar-refractivity contribution in [1.29, 1.82) is 0 Å². The van der Waals surface area contributed by atoms with Crippen LogP contribution in [0.3, 0.4) is 0 Å². The van der Waals surface area contributed by atoms with Crippen molar-refractivity contribution >= 4 is 0 Å². The van der Waals surface area contributed by atoms with E-state index in [1.165, 1.54) is 12.5 Å². The van der Waals surface area contributed by atoms with E-state index in [9.17, 15) is 8.78 Å². The molecule has 0 spiro atoms. The average molecular weight is 170 g/mol. The standard InChI is InChI=1S/C8H8F2N2/c1-5-2-8(9,10)7-6(5)3-11-4-12-7/h3-5H,2H2,1H3/t5-/m1/s1. The summed E-state index contributed by atoms with van der Waals surface area (Å²) in [5, 5.41) is 0. The average Bonchev–Trinajstić information content (AvgIpc) is 2.25. The Morgan fingerprint density at radius 2 is 2.33 bits per heavy atom. The summed E-state index contributed by atoms with van der Waals surface area (Å²) in [6, 6.07) is 0. The molecule has 0 N–H and O–H groups in total. The molecule has 1 atom stereocenters. The lowest BCUT2D eigenvalue weighted by molar-refractivity contribution is -0.00976. The van der Waals surface area contributed by atoms with Crippen LogP contribution >= 0.6 is 0 Å². The van der Waals surface area contributed by atoms with Gasteiger partial charge in [-0.1, -0.05) is 6.92 Å². The van der Waals surface area contributed by atoms with Gasteiger partial charge in [-0.05, 0) is 5.92 Å². The summed E-state index contributed by atoms with van der Waals surface area (Å²) in [5.74, 6) is -2.88. The molecule has 1 aliphatic carbocycles. The van der Waals surface area contributed by atoms with Crippen LogP contribution < -0.4 is 0 Å². The van der Waals surface area contributed by atoms with Gasteiger partial charge in [-0.2, -0.15) is 8.78 Å². The minimum atomic E-state index is -2.75. The van der Waals surface area contributed by atoms with Gasteiger partial charge in [0.15, 0.2) is 0 Å². The van der Waals surface area contributed by atoms with Crippen LogP contribution in [0.4, 0.5) is 8.78 Å². The second-order valence-electron chi connectivity index (χ2n) is 3.14. The van der Waals surface area contributed by atoms with E-state index in [2.05, 4.69) is 9.97 Å². The highest BCUT2D eigenvalue weighted by Gasteiger charge is 2.44. The predicted molar refractivity (Wildman–Crippen MR) is 39.0 cm³/mol. The number of hydrogen-bond donors (Lipinski definition) is 0. The van der Waals surface area contributed by atoms with Gasteiger partial charge in [0.2, 0.25) is 0 Å². The summed E-state index contributed by atoms with van der Waals surface area (Å²) < 4.78 is 26.2. The van der Waals surface area contributed by atoms with Gasteiger partial charge < -0.3 is 0 Å². The van der Waals surface area contributed by atoms with Crippen molar-refractivity contribution in [2.75, 3.05) is 0 Å². The summed E-state index contributed by atoms with van der Waals surface area (Å²) in [5.41, 5.74) is 0.493. The van der Waals surface area contributed by atoms with Crippen LogP contribution in [0.25, 0.3) is 0 Å². The maximum absolute atomic E-state index is 13.1. The first-order valence-electron chi connectivity index (χ1n) is 3.79. The maximum atomic E-state index is 13.1. The van der Waals surface area contributed by atoms with Gasteiger partial charge >= 0.3 is 0 Å².